The van der Waals surface area contributed by atoms with Crippen LogP contribution in [0.25, 0.3) is 11.3 Å². The van der Waals surface area contributed by atoms with Crippen molar-refractivity contribution >= 4 is 11.9 Å². The molecule has 1 fully saturated rings. The zero-order valence-electron chi connectivity index (χ0n) is 14.1. The SMILES string of the molecule is O=C(NC1CCN(c2ncccn2)CC1)c1cc(-c2cccnc2)on1. The number of rotatable bonds is 4. The highest BCUT2D eigenvalue weighted by Crippen LogP contribution is 2.20. The Morgan fingerprint density at radius 1 is 1.15 bits per heavy atom. The van der Waals surface area contributed by atoms with E-state index in [1.807, 2.05) is 12.1 Å². The molecule has 1 aliphatic rings. The molecular weight excluding hydrogens is 332 g/mol. The van der Waals surface area contributed by atoms with Gasteiger partial charge in [-0.2, -0.15) is 0 Å². The summed E-state index contributed by atoms with van der Waals surface area (Å²) in [6, 6.07) is 7.20. The van der Waals surface area contributed by atoms with Crippen molar-refractivity contribution in [1.82, 2.24) is 25.4 Å². The fourth-order valence-electron chi connectivity index (χ4n) is 2.96. The average molecular weight is 350 g/mol. The van der Waals surface area contributed by atoms with Crippen molar-refractivity contribution in [1.29, 1.82) is 0 Å². The third kappa shape index (κ3) is 3.53. The van der Waals surface area contributed by atoms with Gasteiger partial charge in [0.05, 0.1) is 0 Å². The Balaban J connectivity index is 1.34. The maximum absolute atomic E-state index is 12.4. The number of anilines is 1. The van der Waals surface area contributed by atoms with Crippen molar-refractivity contribution in [3.8, 4) is 11.3 Å². The van der Waals surface area contributed by atoms with Crippen LogP contribution in [-0.4, -0.2) is 45.1 Å². The van der Waals surface area contributed by atoms with Gasteiger partial charge in [0.2, 0.25) is 5.95 Å². The van der Waals surface area contributed by atoms with E-state index in [2.05, 4.69) is 30.3 Å². The normalized spacial score (nSPS) is 15.0. The maximum Gasteiger partial charge on any atom is 0.273 e. The number of aromatic nitrogens is 4. The summed E-state index contributed by atoms with van der Waals surface area (Å²) in [5, 5.41) is 6.90. The molecule has 0 spiro atoms. The number of carbonyl (C=O) groups is 1. The Morgan fingerprint density at radius 3 is 2.69 bits per heavy atom. The third-order valence-corrected chi connectivity index (χ3v) is 4.35. The first-order chi connectivity index (χ1) is 12.8. The van der Waals surface area contributed by atoms with E-state index in [0.717, 1.165) is 37.4 Å². The standard InChI is InChI=1S/C18H18N6O2/c25-17(15-11-16(26-23-15)13-3-1-6-19-12-13)22-14-4-9-24(10-5-14)18-20-7-2-8-21-18/h1-3,6-8,11-12,14H,4-5,9-10H2,(H,22,25). The second kappa shape index (κ2) is 7.30. The molecule has 0 atom stereocenters. The van der Waals surface area contributed by atoms with Crippen LogP contribution in [0.2, 0.25) is 0 Å². The van der Waals surface area contributed by atoms with Gasteiger partial charge in [-0.05, 0) is 31.0 Å². The van der Waals surface area contributed by atoms with Gasteiger partial charge in [-0.1, -0.05) is 5.16 Å². The summed E-state index contributed by atoms with van der Waals surface area (Å²) in [7, 11) is 0. The van der Waals surface area contributed by atoms with Crippen LogP contribution in [0.15, 0.2) is 53.6 Å². The Labute approximate surface area is 150 Å². The number of hydrogen-bond donors (Lipinski definition) is 1. The Kier molecular flexibility index (Phi) is 4.55. The fraction of sp³-hybridized carbons (Fsp3) is 0.278. The molecule has 4 rings (SSSR count). The smallest absolute Gasteiger partial charge is 0.273 e. The summed E-state index contributed by atoms with van der Waals surface area (Å²) >= 11 is 0. The number of hydrogen-bond acceptors (Lipinski definition) is 7. The molecule has 1 aliphatic heterocycles. The van der Waals surface area contributed by atoms with E-state index in [9.17, 15) is 4.79 Å². The minimum absolute atomic E-state index is 0.0982. The lowest BCUT2D eigenvalue weighted by molar-refractivity contribution is 0.0922. The van der Waals surface area contributed by atoms with E-state index in [1.165, 1.54) is 0 Å². The Morgan fingerprint density at radius 2 is 1.96 bits per heavy atom. The molecular formula is C18H18N6O2. The highest BCUT2D eigenvalue weighted by atomic mass is 16.5. The predicted octanol–water partition coefficient (Wildman–Crippen LogP) is 1.93. The summed E-state index contributed by atoms with van der Waals surface area (Å²) in [4.78, 5) is 27.1. The van der Waals surface area contributed by atoms with Crippen molar-refractivity contribution in [2.24, 2.45) is 0 Å². The first-order valence-electron chi connectivity index (χ1n) is 8.49. The van der Waals surface area contributed by atoms with Gasteiger partial charge in [0.15, 0.2) is 11.5 Å². The van der Waals surface area contributed by atoms with Gasteiger partial charge < -0.3 is 14.7 Å². The predicted molar refractivity (Wildman–Crippen MR) is 94.5 cm³/mol. The fourth-order valence-corrected chi connectivity index (χ4v) is 2.96. The van der Waals surface area contributed by atoms with E-state index in [-0.39, 0.29) is 17.6 Å². The van der Waals surface area contributed by atoms with E-state index in [0.29, 0.717) is 5.76 Å². The number of nitrogens with one attached hydrogen (secondary N) is 1. The summed E-state index contributed by atoms with van der Waals surface area (Å²) in [5.41, 5.74) is 1.06. The van der Waals surface area contributed by atoms with E-state index in [4.69, 9.17) is 4.52 Å². The quantitative estimate of drug-likeness (QED) is 0.768. The van der Waals surface area contributed by atoms with Crippen LogP contribution in [0, 0.1) is 0 Å². The molecule has 0 aliphatic carbocycles. The van der Waals surface area contributed by atoms with Crippen LogP contribution >= 0.6 is 0 Å². The molecule has 0 aromatic carbocycles. The molecule has 3 aromatic rings. The molecule has 1 amide bonds. The zero-order valence-corrected chi connectivity index (χ0v) is 14.1. The first-order valence-corrected chi connectivity index (χ1v) is 8.49. The summed E-state index contributed by atoms with van der Waals surface area (Å²) in [6.07, 6.45) is 8.49. The molecule has 26 heavy (non-hydrogen) atoms. The molecule has 3 aromatic heterocycles. The second-order valence-electron chi connectivity index (χ2n) is 6.10. The Bertz CT molecular complexity index is 860. The lowest BCUT2D eigenvalue weighted by atomic mass is 10.1. The van der Waals surface area contributed by atoms with Crippen LogP contribution in [0.3, 0.4) is 0 Å². The van der Waals surface area contributed by atoms with Gasteiger partial charge in [-0.15, -0.1) is 0 Å². The molecule has 132 valence electrons. The number of amides is 1. The van der Waals surface area contributed by atoms with Crippen molar-refractivity contribution in [3.05, 3.63) is 54.7 Å². The van der Waals surface area contributed by atoms with Crippen LogP contribution in [0.4, 0.5) is 5.95 Å². The van der Waals surface area contributed by atoms with E-state index < -0.39 is 0 Å². The molecule has 1 N–H and O–H groups in total. The largest absolute Gasteiger partial charge is 0.355 e. The van der Waals surface area contributed by atoms with Crippen molar-refractivity contribution in [2.75, 3.05) is 18.0 Å². The van der Waals surface area contributed by atoms with Crippen molar-refractivity contribution in [2.45, 2.75) is 18.9 Å². The summed E-state index contributed by atoms with van der Waals surface area (Å²) in [6.45, 7) is 1.60. The highest BCUT2D eigenvalue weighted by molar-refractivity contribution is 5.93. The molecule has 0 unspecified atom stereocenters. The maximum atomic E-state index is 12.4. The monoisotopic (exact) mass is 350 g/mol. The van der Waals surface area contributed by atoms with Gasteiger partial charge in [-0.3, -0.25) is 9.78 Å². The summed E-state index contributed by atoms with van der Waals surface area (Å²) in [5.74, 6) is 1.03. The van der Waals surface area contributed by atoms with Crippen LogP contribution in [-0.2, 0) is 0 Å². The molecule has 0 radical (unpaired) electrons. The molecule has 8 nitrogen and oxygen atoms in total. The Hall–Kier alpha value is -3.29. The van der Waals surface area contributed by atoms with Gasteiger partial charge >= 0.3 is 0 Å². The van der Waals surface area contributed by atoms with Gasteiger partial charge in [0, 0.05) is 55.5 Å². The topological polar surface area (TPSA) is 97.0 Å². The van der Waals surface area contributed by atoms with Crippen LogP contribution in [0.5, 0.6) is 0 Å². The third-order valence-electron chi connectivity index (χ3n) is 4.35. The lowest BCUT2D eigenvalue weighted by Gasteiger charge is -2.32. The molecule has 8 heteroatoms. The zero-order chi connectivity index (χ0) is 17.8. The summed E-state index contributed by atoms with van der Waals surface area (Å²) < 4.78 is 5.26. The highest BCUT2D eigenvalue weighted by Gasteiger charge is 2.23. The molecule has 0 saturated carbocycles. The molecule has 1 saturated heterocycles. The number of nitrogens with zero attached hydrogens (tertiary/aromatic N) is 5. The van der Waals surface area contributed by atoms with Crippen LogP contribution in [0.1, 0.15) is 23.3 Å². The number of pyridine rings is 1. The first kappa shape index (κ1) is 16.2. The van der Waals surface area contributed by atoms with Gasteiger partial charge in [-0.25, -0.2) is 9.97 Å². The van der Waals surface area contributed by atoms with Crippen molar-refractivity contribution < 1.29 is 9.32 Å². The van der Waals surface area contributed by atoms with E-state index >= 15 is 0 Å². The minimum atomic E-state index is -0.224. The van der Waals surface area contributed by atoms with E-state index in [1.54, 1.807) is 36.9 Å². The molecule has 4 heterocycles. The van der Waals surface area contributed by atoms with Crippen LogP contribution < -0.4 is 10.2 Å². The van der Waals surface area contributed by atoms with Crippen molar-refractivity contribution in [3.63, 3.8) is 0 Å². The number of piperidine rings is 1. The average Bonchev–Trinajstić information content (AvgIpc) is 3.20. The molecule has 0 bridgehead atoms. The minimum Gasteiger partial charge on any atom is -0.355 e. The van der Waals surface area contributed by atoms with Gasteiger partial charge in [0.1, 0.15) is 0 Å². The second-order valence-corrected chi connectivity index (χ2v) is 6.10. The van der Waals surface area contributed by atoms with Gasteiger partial charge in [0.25, 0.3) is 5.91 Å². The number of carbonyl (C=O) groups excluding carboxylic acids is 1. The lowest BCUT2D eigenvalue weighted by Crippen LogP contribution is -2.45.